The Bertz CT molecular complexity index is 2760. The smallest absolute Gasteiger partial charge is 0.159 e. The van der Waals surface area contributed by atoms with Crippen molar-refractivity contribution in [1.82, 2.24) is 9.13 Å². The molecule has 0 radical (unpaired) electrons. The summed E-state index contributed by atoms with van der Waals surface area (Å²) in [4.78, 5) is 0. The maximum absolute atomic E-state index is 6.52. The van der Waals surface area contributed by atoms with Crippen LogP contribution in [-0.4, -0.2) is 9.13 Å². The second kappa shape index (κ2) is 9.22. The normalized spacial score (nSPS) is 12.0. The minimum atomic E-state index is 0.905. The first-order valence-corrected chi connectivity index (χ1v) is 15.4. The lowest BCUT2D eigenvalue weighted by Crippen LogP contribution is -1.94. The number of rotatable bonds is 3. The van der Waals surface area contributed by atoms with Gasteiger partial charge in [0.1, 0.15) is 5.58 Å². The van der Waals surface area contributed by atoms with Gasteiger partial charge in [-0.2, -0.15) is 0 Å². The van der Waals surface area contributed by atoms with Crippen LogP contribution in [-0.2, 0) is 0 Å². The molecule has 7 aromatic carbocycles. The molecular weight excluding hydrogens is 548 g/mol. The van der Waals surface area contributed by atoms with E-state index in [0.717, 1.165) is 33.1 Å². The molecule has 3 heteroatoms. The van der Waals surface area contributed by atoms with E-state index in [1.807, 2.05) is 12.1 Å². The maximum atomic E-state index is 6.52. The van der Waals surface area contributed by atoms with Crippen LogP contribution < -0.4 is 0 Å². The van der Waals surface area contributed by atoms with E-state index >= 15 is 0 Å². The Morgan fingerprint density at radius 3 is 1.80 bits per heavy atom. The summed E-state index contributed by atoms with van der Waals surface area (Å²) >= 11 is 0. The van der Waals surface area contributed by atoms with Crippen LogP contribution in [0.2, 0.25) is 0 Å². The van der Waals surface area contributed by atoms with E-state index in [2.05, 4.69) is 155 Å². The van der Waals surface area contributed by atoms with E-state index in [4.69, 9.17) is 4.42 Å². The standard InChI is InChI=1S/C42H26N2O/c1-2-11-29(12-3-1)43-36-17-7-5-14-31(36)35-25-27(22-24-38(35)43)28-21-23-32-30-13-4-8-18-37(30)44(40(32)26-28)39-19-10-16-34-33-15-6-9-20-41(33)45-42(34)39/h1-26H. The molecule has 0 aliphatic rings. The molecule has 3 heterocycles. The second-order valence-corrected chi connectivity index (χ2v) is 11.8. The summed E-state index contributed by atoms with van der Waals surface area (Å²) in [7, 11) is 0. The van der Waals surface area contributed by atoms with Crippen molar-refractivity contribution in [1.29, 1.82) is 0 Å². The zero-order chi connectivity index (χ0) is 29.5. The summed E-state index contributed by atoms with van der Waals surface area (Å²) in [5, 5.41) is 7.23. The van der Waals surface area contributed by atoms with Gasteiger partial charge in [0.05, 0.1) is 27.8 Å². The zero-order valence-electron chi connectivity index (χ0n) is 24.3. The summed E-state index contributed by atoms with van der Waals surface area (Å²) in [5.41, 5.74) is 11.2. The number of benzene rings is 7. The van der Waals surface area contributed by atoms with Gasteiger partial charge in [-0.25, -0.2) is 0 Å². The van der Waals surface area contributed by atoms with Crippen LogP contribution in [0.15, 0.2) is 162 Å². The van der Waals surface area contributed by atoms with Gasteiger partial charge in [-0.3, -0.25) is 0 Å². The minimum Gasteiger partial charge on any atom is -0.454 e. The number of furan rings is 1. The third-order valence-electron chi connectivity index (χ3n) is 9.32. The van der Waals surface area contributed by atoms with Gasteiger partial charge in [0.15, 0.2) is 5.58 Å². The number of aromatic nitrogens is 2. The zero-order valence-corrected chi connectivity index (χ0v) is 24.3. The van der Waals surface area contributed by atoms with E-state index in [9.17, 15) is 0 Å². The number of hydrogen-bond donors (Lipinski definition) is 0. The average molecular weight is 575 g/mol. The van der Waals surface area contributed by atoms with Gasteiger partial charge in [-0.15, -0.1) is 0 Å². The molecule has 0 saturated carbocycles. The lowest BCUT2D eigenvalue weighted by molar-refractivity contribution is 0.666. The van der Waals surface area contributed by atoms with Gasteiger partial charge in [0.2, 0.25) is 0 Å². The van der Waals surface area contributed by atoms with E-state index in [1.165, 1.54) is 54.9 Å². The van der Waals surface area contributed by atoms with Gasteiger partial charge >= 0.3 is 0 Å². The molecule has 3 nitrogen and oxygen atoms in total. The van der Waals surface area contributed by atoms with Crippen molar-refractivity contribution in [2.75, 3.05) is 0 Å². The van der Waals surface area contributed by atoms with E-state index in [1.54, 1.807) is 0 Å². The van der Waals surface area contributed by atoms with Crippen molar-refractivity contribution in [2.24, 2.45) is 0 Å². The Morgan fingerprint density at radius 2 is 0.956 bits per heavy atom. The van der Waals surface area contributed by atoms with Crippen molar-refractivity contribution in [3.63, 3.8) is 0 Å². The molecule has 0 N–H and O–H groups in total. The molecule has 0 fully saturated rings. The molecule has 0 saturated heterocycles. The van der Waals surface area contributed by atoms with Crippen molar-refractivity contribution in [3.8, 4) is 22.5 Å². The third-order valence-corrected chi connectivity index (χ3v) is 9.32. The molecule has 45 heavy (non-hydrogen) atoms. The lowest BCUT2D eigenvalue weighted by atomic mass is 10.0. The predicted molar refractivity (Wildman–Crippen MR) is 188 cm³/mol. The Morgan fingerprint density at radius 1 is 0.356 bits per heavy atom. The SMILES string of the molecule is c1ccc(-n2c3ccccc3c3cc(-c4ccc5c6ccccc6n(-c6cccc7c6oc6ccccc67)c5c4)ccc32)cc1. The number of para-hydroxylation sites is 5. The fraction of sp³-hybridized carbons (Fsp3) is 0. The van der Waals surface area contributed by atoms with Gasteiger partial charge in [-0.1, -0.05) is 103 Å². The van der Waals surface area contributed by atoms with Crippen LogP contribution in [0.1, 0.15) is 0 Å². The number of hydrogen-bond acceptors (Lipinski definition) is 1. The largest absolute Gasteiger partial charge is 0.454 e. The van der Waals surface area contributed by atoms with Crippen LogP contribution in [0.5, 0.6) is 0 Å². The summed E-state index contributed by atoms with van der Waals surface area (Å²) in [6.07, 6.45) is 0. The molecule has 10 rings (SSSR count). The van der Waals surface area contributed by atoms with E-state index in [0.29, 0.717) is 0 Å². The highest BCUT2D eigenvalue weighted by molar-refractivity contribution is 6.14. The van der Waals surface area contributed by atoms with Crippen LogP contribution >= 0.6 is 0 Å². The van der Waals surface area contributed by atoms with Crippen molar-refractivity contribution < 1.29 is 4.42 Å². The molecule has 0 aliphatic heterocycles. The summed E-state index contributed by atoms with van der Waals surface area (Å²) < 4.78 is 11.3. The fourth-order valence-corrected chi connectivity index (χ4v) is 7.33. The van der Waals surface area contributed by atoms with E-state index in [-0.39, 0.29) is 0 Å². The highest BCUT2D eigenvalue weighted by Crippen LogP contribution is 2.40. The van der Waals surface area contributed by atoms with Crippen molar-refractivity contribution in [3.05, 3.63) is 158 Å². The van der Waals surface area contributed by atoms with Crippen LogP contribution in [0, 0.1) is 0 Å². The first-order valence-electron chi connectivity index (χ1n) is 15.4. The summed E-state index contributed by atoms with van der Waals surface area (Å²) in [5.74, 6) is 0. The average Bonchev–Trinajstić information content (AvgIpc) is 3.76. The Labute approximate surface area is 258 Å². The molecule has 0 spiro atoms. The van der Waals surface area contributed by atoms with Gasteiger partial charge in [0, 0.05) is 38.0 Å². The molecule has 0 amide bonds. The molecule has 0 aliphatic carbocycles. The summed E-state index contributed by atoms with van der Waals surface area (Å²) in [6.45, 7) is 0. The van der Waals surface area contributed by atoms with Gasteiger partial charge in [0.25, 0.3) is 0 Å². The number of fused-ring (bicyclic) bond motifs is 9. The molecule has 3 aromatic heterocycles. The monoisotopic (exact) mass is 574 g/mol. The molecule has 0 unspecified atom stereocenters. The molecule has 10 aromatic rings. The third kappa shape index (κ3) is 3.46. The lowest BCUT2D eigenvalue weighted by Gasteiger charge is -2.10. The van der Waals surface area contributed by atoms with Gasteiger partial charge in [-0.05, 0) is 65.7 Å². The quantitative estimate of drug-likeness (QED) is 0.206. The fourth-order valence-electron chi connectivity index (χ4n) is 7.33. The van der Waals surface area contributed by atoms with Crippen molar-refractivity contribution >= 4 is 65.6 Å². The Kier molecular flexibility index (Phi) is 5.00. The molecular formula is C42H26N2O. The number of nitrogens with zero attached hydrogens (tertiary/aromatic N) is 2. The first-order chi connectivity index (χ1) is 22.3. The van der Waals surface area contributed by atoms with Crippen molar-refractivity contribution in [2.45, 2.75) is 0 Å². The highest BCUT2D eigenvalue weighted by atomic mass is 16.3. The van der Waals surface area contributed by atoms with Crippen LogP contribution in [0.4, 0.5) is 0 Å². The molecule has 210 valence electrons. The Balaban J connectivity index is 1.23. The van der Waals surface area contributed by atoms with E-state index < -0.39 is 0 Å². The molecule has 0 atom stereocenters. The van der Waals surface area contributed by atoms with Crippen LogP contribution in [0.25, 0.3) is 88.1 Å². The first kappa shape index (κ1) is 24.4. The summed E-state index contributed by atoms with van der Waals surface area (Å²) in [6, 6.07) is 56.5. The highest BCUT2D eigenvalue weighted by Gasteiger charge is 2.19. The predicted octanol–water partition coefficient (Wildman–Crippen LogP) is 11.4. The topological polar surface area (TPSA) is 23.0 Å². The minimum absolute atomic E-state index is 0.905. The molecule has 0 bridgehead atoms. The Hall–Kier alpha value is -6.06. The van der Waals surface area contributed by atoms with Gasteiger partial charge < -0.3 is 13.6 Å². The second-order valence-electron chi connectivity index (χ2n) is 11.8. The maximum Gasteiger partial charge on any atom is 0.159 e. The van der Waals surface area contributed by atoms with Crippen LogP contribution in [0.3, 0.4) is 0 Å².